The predicted octanol–water partition coefficient (Wildman–Crippen LogP) is 12.9. The van der Waals surface area contributed by atoms with Gasteiger partial charge < -0.3 is 15.4 Å². The van der Waals surface area contributed by atoms with E-state index in [4.69, 9.17) is 27.9 Å². The molecule has 10 rings (SSSR count). The number of nitriles is 2. The van der Waals surface area contributed by atoms with E-state index < -0.39 is 23.8 Å². The quantitative estimate of drug-likeness (QED) is 0.0922. The summed E-state index contributed by atoms with van der Waals surface area (Å²) in [5.41, 5.74) is 8.36. The molecule has 2 aromatic carbocycles. The lowest BCUT2D eigenvalue weighted by molar-refractivity contribution is 0.355. The van der Waals surface area contributed by atoms with Crippen LogP contribution in [0.2, 0.25) is 10.0 Å². The molecule has 0 bridgehead atoms. The molecule has 2 aliphatic carbocycles. The number of hydrogen-bond acceptors (Lipinski definition) is 13. The van der Waals surface area contributed by atoms with Crippen molar-refractivity contribution in [3.8, 4) is 18.0 Å². The maximum Gasteiger partial charge on any atom is 0.236 e. The highest BCUT2D eigenvalue weighted by molar-refractivity contribution is 6.36. The van der Waals surface area contributed by atoms with Crippen molar-refractivity contribution in [1.82, 2.24) is 49.9 Å². The van der Waals surface area contributed by atoms with Crippen molar-refractivity contribution in [3.05, 3.63) is 145 Å². The molecule has 77 heavy (non-hydrogen) atoms. The van der Waals surface area contributed by atoms with Crippen molar-refractivity contribution in [2.45, 2.75) is 118 Å². The first kappa shape index (κ1) is 54.4. The molecule has 398 valence electrons. The van der Waals surface area contributed by atoms with Crippen LogP contribution in [0.1, 0.15) is 147 Å². The van der Waals surface area contributed by atoms with E-state index >= 15 is 4.39 Å². The molecule has 2 fully saturated rings. The van der Waals surface area contributed by atoms with Crippen LogP contribution in [-0.4, -0.2) is 70.1 Å². The van der Waals surface area contributed by atoms with Gasteiger partial charge in [-0.2, -0.15) is 23.7 Å². The van der Waals surface area contributed by atoms with Crippen LogP contribution in [0.25, 0.3) is 21.8 Å². The van der Waals surface area contributed by atoms with Crippen molar-refractivity contribution in [2.24, 2.45) is 10.8 Å². The van der Waals surface area contributed by atoms with Gasteiger partial charge in [0.25, 0.3) is 0 Å². The molecule has 2 aliphatic rings. The van der Waals surface area contributed by atoms with Crippen LogP contribution in [0.4, 0.5) is 24.5 Å². The van der Waals surface area contributed by atoms with Gasteiger partial charge in [-0.15, -0.1) is 10.2 Å². The van der Waals surface area contributed by atoms with E-state index in [-0.39, 0.29) is 34.5 Å². The Kier molecular flexibility index (Phi) is 15.5. The summed E-state index contributed by atoms with van der Waals surface area (Å²) in [7, 11) is 1.61. The first-order valence-electron chi connectivity index (χ1n) is 25.5. The van der Waals surface area contributed by atoms with Crippen molar-refractivity contribution in [2.75, 3.05) is 30.8 Å². The van der Waals surface area contributed by atoms with Gasteiger partial charge in [-0.25, -0.2) is 19.3 Å². The number of anilines is 2. The van der Waals surface area contributed by atoms with E-state index in [2.05, 4.69) is 105 Å². The van der Waals surface area contributed by atoms with Crippen LogP contribution in [-0.2, 0) is 12.8 Å². The zero-order chi connectivity index (χ0) is 55.1. The summed E-state index contributed by atoms with van der Waals surface area (Å²) in [6, 6.07) is 18.3. The first-order valence-corrected chi connectivity index (χ1v) is 26.3. The van der Waals surface area contributed by atoms with Gasteiger partial charge in [-0.1, -0.05) is 87.3 Å². The van der Waals surface area contributed by atoms with Crippen molar-refractivity contribution in [3.63, 3.8) is 0 Å². The molecule has 0 radical (unpaired) electrons. The third-order valence-electron chi connectivity index (χ3n) is 13.6. The summed E-state index contributed by atoms with van der Waals surface area (Å²) in [6.07, 6.45) is 7.62. The summed E-state index contributed by atoms with van der Waals surface area (Å²) in [4.78, 5) is 17.0. The van der Waals surface area contributed by atoms with Crippen LogP contribution in [0.3, 0.4) is 0 Å². The standard InChI is InChI=1S/C29H31ClFN7O.C28H28ClF2N7/c1-16-20(8-9-24(31)35-16)21(27-28(39-5)38(37-36-27)19-6-7-19)10-17-11-22-25(34-15-29(2,3)4)18(13-32)14-33-26(22)23(30)12-17;1-15-19(7-8-23(30)35-15)20(26-27(31)38(37-36-26)18-5-6-18)9-16-10-21-24(34-14-28(2,3)4)17(12-32)13-33-25(21)22(29)11-16/h8-9,11-12,14,19,21H,6-7,10,15H2,1-5H3,(H,33,34);7-8,10-11,13,18,20H,5-6,9,14H2,1-4H3,(H,33,34)/t21-;20-/m00/s1. The van der Waals surface area contributed by atoms with Gasteiger partial charge in [0.05, 0.1) is 62.8 Å². The van der Waals surface area contributed by atoms with Crippen molar-refractivity contribution >= 4 is 56.4 Å². The molecule has 6 heterocycles. The number of nitrogens with zero attached hydrogens (tertiary/aromatic N) is 12. The summed E-state index contributed by atoms with van der Waals surface area (Å²) in [5.74, 6) is -1.95. The lowest BCUT2D eigenvalue weighted by atomic mass is 9.87. The summed E-state index contributed by atoms with van der Waals surface area (Å²) in [5, 5.41) is 46.0. The van der Waals surface area contributed by atoms with E-state index in [1.807, 2.05) is 22.9 Å². The number of benzene rings is 2. The SMILES string of the molecule is COc1c([C@@H](Cc2cc(Cl)c3ncc(C#N)c(NCC(C)(C)C)c3c2)c2ccc(F)nc2C)nnn1C1CC1.Cc1nc(F)ccc1[C@H](Cc1cc(Cl)c2ncc(C#N)c(NCC(C)(C)C)c2c1)c1nnn(C2CC2)c1F. The third-order valence-corrected chi connectivity index (χ3v) is 14.2. The topological polar surface area (TPSA) is 194 Å². The number of rotatable bonds is 15. The number of hydrogen-bond donors (Lipinski definition) is 2. The summed E-state index contributed by atoms with van der Waals surface area (Å²) < 4.78 is 52.3. The van der Waals surface area contributed by atoms with Crippen LogP contribution < -0.4 is 15.4 Å². The average Bonchev–Trinajstić information content (AvgIpc) is 4.32. The van der Waals surface area contributed by atoms with Crippen LogP contribution in [0.5, 0.6) is 5.88 Å². The minimum atomic E-state index is -0.606. The fourth-order valence-corrected chi connectivity index (χ4v) is 10.0. The van der Waals surface area contributed by atoms with Gasteiger partial charge in [0.2, 0.25) is 23.7 Å². The molecular formula is C57H59Cl2F3N14O. The van der Waals surface area contributed by atoms with Gasteiger partial charge in [0, 0.05) is 59.5 Å². The predicted molar refractivity (Wildman–Crippen MR) is 291 cm³/mol. The summed E-state index contributed by atoms with van der Waals surface area (Å²) in [6.45, 7) is 17.4. The molecule has 0 amide bonds. The highest BCUT2D eigenvalue weighted by Crippen LogP contribution is 2.44. The maximum atomic E-state index is 15.5. The number of ether oxygens (including phenoxy) is 1. The lowest BCUT2D eigenvalue weighted by Gasteiger charge is -2.22. The van der Waals surface area contributed by atoms with Gasteiger partial charge in [0.1, 0.15) is 23.5 Å². The molecule has 0 spiro atoms. The van der Waals surface area contributed by atoms with Gasteiger partial charge in [-0.05, 0) is 122 Å². The number of pyridine rings is 4. The van der Waals surface area contributed by atoms with Crippen LogP contribution in [0, 0.1) is 65.2 Å². The Labute approximate surface area is 455 Å². The van der Waals surface area contributed by atoms with Crippen molar-refractivity contribution in [1.29, 1.82) is 10.5 Å². The normalized spacial score (nSPS) is 14.4. The number of aryl methyl sites for hydroxylation is 2. The van der Waals surface area contributed by atoms with E-state index in [9.17, 15) is 19.3 Å². The maximum absolute atomic E-state index is 15.5. The molecule has 2 saturated carbocycles. The Morgan fingerprint density at radius 1 is 0.662 bits per heavy atom. The fraction of sp³-hybridized carbons (Fsp3) is 0.404. The largest absolute Gasteiger partial charge is 0.480 e. The molecule has 0 saturated heterocycles. The van der Waals surface area contributed by atoms with E-state index in [0.717, 1.165) is 47.8 Å². The number of fused-ring (bicyclic) bond motifs is 2. The highest BCUT2D eigenvalue weighted by atomic mass is 35.5. The second kappa shape index (κ2) is 21.9. The lowest BCUT2D eigenvalue weighted by Crippen LogP contribution is -2.19. The molecule has 0 unspecified atom stereocenters. The van der Waals surface area contributed by atoms with Crippen LogP contribution >= 0.6 is 23.2 Å². The Bertz CT molecular complexity index is 3620. The number of halogens is 5. The minimum absolute atomic E-state index is 0.00807. The zero-order valence-corrected chi connectivity index (χ0v) is 45.9. The van der Waals surface area contributed by atoms with Crippen molar-refractivity contribution < 1.29 is 17.9 Å². The number of methoxy groups -OCH3 is 1. The number of nitrogens with one attached hydrogen (secondary N) is 2. The second-order valence-electron chi connectivity index (χ2n) is 22.3. The Balaban J connectivity index is 0.000000188. The number of aromatic nitrogens is 10. The molecule has 0 aliphatic heterocycles. The molecule has 2 atom stereocenters. The minimum Gasteiger partial charge on any atom is -0.480 e. The van der Waals surface area contributed by atoms with E-state index in [0.29, 0.717) is 103 Å². The Morgan fingerprint density at radius 2 is 1.09 bits per heavy atom. The average molecular weight is 1080 g/mol. The molecule has 8 aromatic rings. The van der Waals surface area contributed by atoms with Gasteiger partial charge in [0.15, 0.2) is 0 Å². The molecule has 2 N–H and O–H groups in total. The molecule has 20 heteroatoms. The third kappa shape index (κ3) is 12.1. The monoisotopic (exact) mass is 1080 g/mol. The summed E-state index contributed by atoms with van der Waals surface area (Å²) >= 11 is 13.5. The van der Waals surface area contributed by atoms with Gasteiger partial charge >= 0.3 is 0 Å². The highest BCUT2D eigenvalue weighted by Gasteiger charge is 2.35. The molecular weight excluding hydrogens is 1020 g/mol. The Hall–Kier alpha value is -7.41. The molecule has 15 nitrogen and oxygen atoms in total. The molecule has 6 aromatic heterocycles. The zero-order valence-electron chi connectivity index (χ0n) is 44.4. The van der Waals surface area contributed by atoms with Crippen LogP contribution in [0.15, 0.2) is 60.9 Å². The smallest absolute Gasteiger partial charge is 0.236 e. The first-order chi connectivity index (χ1) is 36.6. The van der Waals surface area contributed by atoms with Gasteiger partial charge in [-0.3, -0.25) is 9.97 Å². The second-order valence-corrected chi connectivity index (χ2v) is 23.1. The fourth-order valence-electron chi connectivity index (χ4n) is 9.45. The van der Waals surface area contributed by atoms with E-state index in [1.54, 1.807) is 45.4 Å². The Morgan fingerprint density at radius 3 is 1.51 bits per heavy atom. The van der Waals surface area contributed by atoms with E-state index in [1.165, 1.54) is 23.0 Å².